The van der Waals surface area contributed by atoms with Gasteiger partial charge in [0.15, 0.2) is 5.75 Å². The Morgan fingerprint density at radius 3 is 2.58 bits per heavy atom. The van der Waals surface area contributed by atoms with Crippen molar-refractivity contribution in [2.24, 2.45) is 10.2 Å². The number of hydrogen-bond acceptors (Lipinski definition) is 4. The molecule has 0 radical (unpaired) electrons. The average Bonchev–Trinajstić information content (AvgIpc) is 2.60. The zero-order valence-corrected chi connectivity index (χ0v) is 13.4. The Morgan fingerprint density at radius 2 is 1.83 bits per heavy atom. The number of nitrogens with zero attached hydrogens (tertiary/aromatic N) is 2. The molecule has 0 aliphatic heterocycles. The van der Waals surface area contributed by atoms with Gasteiger partial charge in [0.2, 0.25) is 0 Å². The van der Waals surface area contributed by atoms with Crippen molar-refractivity contribution in [3.05, 3.63) is 65.7 Å². The van der Waals surface area contributed by atoms with Gasteiger partial charge in [0.25, 0.3) is 5.91 Å². The maximum atomic E-state index is 12.0. The normalized spacial score (nSPS) is 11.1. The molecule has 1 amide bonds. The zero-order valence-electron chi connectivity index (χ0n) is 13.4. The molecule has 3 aromatic carbocycles. The summed E-state index contributed by atoms with van der Waals surface area (Å²) < 4.78 is 0. The minimum Gasteiger partial charge on any atom is -0.505 e. The highest BCUT2D eigenvalue weighted by Crippen LogP contribution is 2.39. The van der Waals surface area contributed by atoms with Crippen LogP contribution in [0, 0.1) is 6.92 Å². The largest absolute Gasteiger partial charge is 0.505 e. The molecule has 3 rings (SSSR count). The second-order valence-corrected chi connectivity index (χ2v) is 5.46. The number of aryl methyl sites for hydroxylation is 1. The number of phenolic OH excluding ortho intramolecular Hbond substituents is 1. The summed E-state index contributed by atoms with van der Waals surface area (Å²) in [6.07, 6.45) is 0. The number of fused-ring (bicyclic) bond motifs is 1. The second-order valence-electron chi connectivity index (χ2n) is 5.46. The van der Waals surface area contributed by atoms with Crippen LogP contribution in [-0.4, -0.2) is 18.1 Å². The molecule has 3 aromatic rings. The maximum Gasteiger partial charge on any atom is 0.254 e. The van der Waals surface area contributed by atoms with Crippen LogP contribution in [0.2, 0.25) is 0 Å². The molecule has 0 unspecified atom stereocenters. The maximum absolute atomic E-state index is 12.0. The number of aromatic hydroxyl groups is 1. The second kappa shape index (κ2) is 6.50. The summed E-state index contributed by atoms with van der Waals surface area (Å²) in [6, 6.07) is 16.7. The van der Waals surface area contributed by atoms with Gasteiger partial charge in [-0.05, 0) is 36.1 Å². The van der Waals surface area contributed by atoms with Gasteiger partial charge in [0.05, 0.1) is 11.3 Å². The number of carbonyl (C=O) groups is 1. The molecular formula is C19H17N3O2. The molecule has 0 aliphatic rings. The summed E-state index contributed by atoms with van der Waals surface area (Å²) >= 11 is 0. The van der Waals surface area contributed by atoms with E-state index in [1.54, 1.807) is 6.07 Å². The predicted octanol–water partition coefficient (Wildman–Crippen LogP) is 4.63. The Hall–Kier alpha value is -3.21. The van der Waals surface area contributed by atoms with Crippen LogP contribution in [0.4, 0.5) is 11.4 Å². The van der Waals surface area contributed by atoms with Crippen LogP contribution >= 0.6 is 0 Å². The predicted molar refractivity (Wildman–Crippen MR) is 94.4 cm³/mol. The molecule has 5 nitrogen and oxygen atoms in total. The fourth-order valence-electron chi connectivity index (χ4n) is 2.52. The van der Waals surface area contributed by atoms with Crippen LogP contribution in [0.5, 0.6) is 5.75 Å². The summed E-state index contributed by atoms with van der Waals surface area (Å²) in [5.41, 5.74) is 2.21. The Morgan fingerprint density at radius 1 is 1.04 bits per heavy atom. The van der Waals surface area contributed by atoms with Gasteiger partial charge in [0.1, 0.15) is 5.69 Å². The number of amides is 1. The van der Waals surface area contributed by atoms with Crippen molar-refractivity contribution in [3.8, 4) is 5.75 Å². The van der Waals surface area contributed by atoms with E-state index in [1.807, 2.05) is 55.5 Å². The molecular weight excluding hydrogens is 302 g/mol. The lowest BCUT2D eigenvalue weighted by atomic mass is 10.0. The summed E-state index contributed by atoms with van der Waals surface area (Å²) in [6.45, 7) is 1.97. The summed E-state index contributed by atoms with van der Waals surface area (Å²) in [5, 5.41) is 23.0. The van der Waals surface area contributed by atoms with E-state index in [4.69, 9.17) is 0 Å². The molecule has 0 saturated heterocycles. The van der Waals surface area contributed by atoms with Gasteiger partial charge in [-0.3, -0.25) is 4.79 Å². The first kappa shape index (κ1) is 15.7. The standard InChI is InChI=1S/C19H17N3O2/c1-12-6-5-8-14(10-12)21-22-17-15-9-4-3-7-13(15)11-16(18(17)23)19(24)20-2/h3-11,23H,1-2H3,(H,20,24). The molecule has 0 heterocycles. The smallest absolute Gasteiger partial charge is 0.254 e. The molecule has 5 heteroatoms. The minimum absolute atomic E-state index is 0.175. The molecule has 0 atom stereocenters. The monoisotopic (exact) mass is 319 g/mol. The van der Waals surface area contributed by atoms with Crippen molar-refractivity contribution in [1.29, 1.82) is 0 Å². The van der Waals surface area contributed by atoms with Crippen LogP contribution in [0.15, 0.2) is 64.8 Å². The lowest BCUT2D eigenvalue weighted by Gasteiger charge is -2.09. The zero-order chi connectivity index (χ0) is 17.1. The van der Waals surface area contributed by atoms with Crippen molar-refractivity contribution in [2.75, 3.05) is 7.05 Å². The SMILES string of the molecule is CNC(=O)c1cc2ccccc2c(N=Nc2cccc(C)c2)c1O. The fraction of sp³-hybridized carbons (Fsp3) is 0.105. The Labute approximate surface area is 139 Å². The number of hydrogen-bond donors (Lipinski definition) is 2. The minimum atomic E-state index is -0.370. The Bertz CT molecular complexity index is 948. The molecule has 0 spiro atoms. The summed E-state index contributed by atoms with van der Waals surface area (Å²) in [7, 11) is 1.52. The van der Waals surface area contributed by atoms with E-state index in [2.05, 4.69) is 15.5 Å². The van der Waals surface area contributed by atoms with Crippen LogP contribution in [0.3, 0.4) is 0 Å². The van der Waals surface area contributed by atoms with Crippen LogP contribution in [0.25, 0.3) is 10.8 Å². The van der Waals surface area contributed by atoms with E-state index >= 15 is 0 Å². The van der Waals surface area contributed by atoms with E-state index in [9.17, 15) is 9.90 Å². The molecule has 0 aromatic heterocycles. The van der Waals surface area contributed by atoms with E-state index in [-0.39, 0.29) is 22.9 Å². The molecule has 0 bridgehead atoms. The summed E-state index contributed by atoms with van der Waals surface area (Å²) in [4.78, 5) is 12.0. The highest BCUT2D eigenvalue weighted by Gasteiger charge is 2.17. The Balaban J connectivity index is 2.18. The first-order valence-electron chi connectivity index (χ1n) is 7.55. The first-order valence-corrected chi connectivity index (χ1v) is 7.55. The quantitative estimate of drug-likeness (QED) is 0.691. The van der Waals surface area contributed by atoms with E-state index in [1.165, 1.54) is 7.05 Å². The van der Waals surface area contributed by atoms with Gasteiger partial charge in [-0.15, -0.1) is 5.11 Å². The Kier molecular flexibility index (Phi) is 4.24. The van der Waals surface area contributed by atoms with Gasteiger partial charge in [-0.1, -0.05) is 36.4 Å². The topological polar surface area (TPSA) is 74.0 Å². The lowest BCUT2D eigenvalue weighted by molar-refractivity contribution is 0.0960. The summed E-state index contributed by atoms with van der Waals surface area (Å²) in [5.74, 6) is -0.547. The fourth-order valence-corrected chi connectivity index (χ4v) is 2.52. The van der Waals surface area contributed by atoms with Crippen molar-refractivity contribution >= 4 is 28.1 Å². The number of nitrogens with one attached hydrogen (secondary N) is 1. The third-order valence-corrected chi connectivity index (χ3v) is 3.73. The highest BCUT2D eigenvalue weighted by molar-refractivity contribution is 6.06. The van der Waals surface area contributed by atoms with Crippen LogP contribution < -0.4 is 5.32 Å². The van der Waals surface area contributed by atoms with Crippen molar-refractivity contribution in [2.45, 2.75) is 6.92 Å². The van der Waals surface area contributed by atoms with Gasteiger partial charge in [0, 0.05) is 12.4 Å². The van der Waals surface area contributed by atoms with Crippen molar-refractivity contribution in [1.82, 2.24) is 5.32 Å². The van der Waals surface area contributed by atoms with Crippen molar-refractivity contribution < 1.29 is 9.90 Å². The van der Waals surface area contributed by atoms with E-state index in [0.29, 0.717) is 5.69 Å². The van der Waals surface area contributed by atoms with Gasteiger partial charge >= 0.3 is 0 Å². The van der Waals surface area contributed by atoms with Crippen molar-refractivity contribution in [3.63, 3.8) is 0 Å². The average molecular weight is 319 g/mol. The lowest BCUT2D eigenvalue weighted by Crippen LogP contribution is -2.17. The molecule has 0 aliphatic carbocycles. The molecule has 2 N–H and O–H groups in total. The number of benzene rings is 3. The third-order valence-electron chi connectivity index (χ3n) is 3.73. The van der Waals surface area contributed by atoms with Crippen LogP contribution in [0.1, 0.15) is 15.9 Å². The molecule has 0 saturated carbocycles. The first-order chi connectivity index (χ1) is 11.6. The highest BCUT2D eigenvalue weighted by atomic mass is 16.3. The molecule has 0 fully saturated rings. The van der Waals surface area contributed by atoms with Gasteiger partial charge < -0.3 is 10.4 Å². The van der Waals surface area contributed by atoms with Gasteiger partial charge in [-0.2, -0.15) is 5.11 Å². The van der Waals surface area contributed by atoms with Gasteiger partial charge in [-0.25, -0.2) is 0 Å². The number of rotatable bonds is 3. The molecule has 120 valence electrons. The number of azo groups is 1. The molecule has 24 heavy (non-hydrogen) atoms. The van der Waals surface area contributed by atoms with E-state index in [0.717, 1.165) is 16.3 Å². The van der Waals surface area contributed by atoms with Crippen LogP contribution in [-0.2, 0) is 0 Å². The number of carbonyl (C=O) groups excluding carboxylic acids is 1. The third kappa shape index (κ3) is 2.96. The van der Waals surface area contributed by atoms with E-state index < -0.39 is 0 Å². The number of phenols is 1.